The first-order chi connectivity index (χ1) is 7.15. The standard InChI is InChI=1S/C11H13FN2O/c1-13-9-6-7-8(12)4-3-5-10(7)14(2)11(9)15/h3-5,9,13H,6H2,1-2H3/t9-/m0/s1. The molecule has 80 valence electrons. The molecule has 0 bridgehead atoms. The average Bonchev–Trinajstić information content (AvgIpc) is 2.24. The van der Waals surface area contributed by atoms with Crippen molar-refractivity contribution in [3.05, 3.63) is 29.6 Å². The molecule has 0 unspecified atom stereocenters. The molecule has 1 aliphatic rings. The van der Waals surface area contributed by atoms with E-state index in [0.29, 0.717) is 17.7 Å². The summed E-state index contributed by atoms with van der Waals surface area (Å²) in [5.74, 6) is -0.261. The highest BCUT2D eigenvalue weighted by atomic mass is 19.1. The van der Waals surface area contributed by atoms with E-state index < -0.39 is 0 Å². The predicted octanol–water partition coefficient (Wildman–Crippen LogP) is 0.933. The SMILES string of the molecule is CN[C@H]1Cc2c(F)cccc2N(C)C1=O. The van der Waals surface area contributed by atoms with E-state index in [-0.39, 0.29) is 17.8 Å². The van der Waals surface area contributed by atoms with Crippen LogP contribution in [0.3, 0.4) is 0 Å². The Labute approximate surface area is 87.9 Å². The van der Waals surface area contributed by atoms with Gasteiger partial charge in [0.15, 0.2) is 0 Å². The quantitative estimate of drug-likeness (QED) is 0.744. The lowest BCUT2D eigenvalue weighted by atomic mass is 9.97. The molecule has 2 rings (SSSR count). The molecule has 0 fully saturated rings. The lowest BCUT2D eigenvalue weighted by molar-refractivity contribution is -0.120. The largest absolute Gasteiger partial charge is 0.314 e. The summed E-state index contributed by atoms with van der Waals surface area (Å²) in [6.07, 6.45) is 0.418. The van der Waals surface area contributed by atoms with Gasteiger partial charge in [0.05, 0.1) is 6.04 Å². The molecule has 1 aromatic rings. The van der Waals surface area contributed by atoms with Crippen LogP contribution in [0, 0.1) is 5.82 Å². The highest BCUT2D eigenvalue weighted by Crippen LogP contribution is 2.28. The Hall–Kier alpha value is -1.42. The normalized spacial score (nSPS) is 20.3. The summed E-state index contributed by atoms with van der Waals surface area (Å²) < 4.78 is 13.5. The van der Waals surface area contributed by atoms with Crippen LogP contribution in [0.25, 0.3) is 0 Å². The van der Waals surface area contributed by atoms with Crippen LogP contribution in [0.1, 0.15) is 5.56 Å². The fourth-order valence-electron chi connectivity index (χ4n) is 1.93. The molecule has 1 N–H and O–H groups in total. The minimum absolute atomic E-state index is 0.0180. The maximum Gasteiger partial charge on any atom is 0.244 e. The van der Waals surface area contributed by atoms with Gasteiger partial charge in [-0.1, -0.05) is 6.07 Å². The average molecular weight is 208 g/mol. The minimum atomic E-state index is -0.320. The Balaban J connectivity index is 2.50. The number of carbonyl (C=O) groups excluding carboxylic acids is 1. The van der Waals surface area contributed by atoms with Crippen LogP contribution in [-0.2, 0) is 11.2 Å². The molecule has 1 heterocycles. The van der Waals surface area contributed by atoms with Gasteiger partial charge in [0.25, 0.3) is 0 Å². The van der Waals surface area contributed by atoms with Gasteiger partial charge in [-0.15, -0.1) is 0 Å². The topological polar surface area (TPSA) is 32.3 Å². The van der Waals surface area contributed by atoms with Crippen LogP contribution in [0.4, 0.5) is 10.1 Å². The van der Waals surface area contributed by atoms with Crippen molar-refractivity contribution in [3.8, 4) is 0 Å². The second kappa shape index (κ2) is 3.62. The first-order valence-electron chi connectivity index (χ1n) is 4.87. The molecular weight excluding hydrogens is 195 g/mol. The molecule has 1 aliphatic heterocycles. The predicted molar refractivity (Wildman–Crippen MR) is 56.4 cm³/mol. The van der Waals surface area contributed by atoms with Crippen LogP contribution in [0.2, 0.25) is 0 Å². The molecule has 0 radical (unpaired) electrons. The number of nitrogens with one attached hydrogen (secondary N) is 1. The van der Waals surface area contributed by atoms with Gasteiger partial charge in [-0.2, -0.15) is 0 Å². The lowest BCUT2D eigenvalue weighted by Crippen LogP contribution is -2.48. The number of likely N-dealkylation sites (N-methyl/N-ethyl adjacent to an activating group) is 2. The first kappa shape index (κ1) is 10.1. The summed E-state index contributed by atoms with van der Waals surface area (Å²) in [7, 11) is 3.38. The number of amides is 1. The summed E-state index contributed by atoms with van der Waals surface area (Å²) in [5.41, 5.74) is 1.28. The molecule has 1 atom stereocenters. The van der Waals surface area contributed by atoms with Gasteiger partial charge in [-0.25, -0.2) is 4.39 Å². The van der Waals surface area contributed by atoms with Gasteiger partial charge in [0.1, 0.15) is 5.82 Å². The Bertz CT molecular complexity index is 406. The van der Waals surface area contributed by atoms with Gasteiger partial charge >= 0.3 is 0 Å². The fourth-order valence-corrected chi connectivity index (χ4v) is 1.93. The van der Waals surface area contributed by atoms with Crippen molar-refractivity contribution in [3.63, 3.8) is 0 Å². The molecular formula is C11H13FN2O. The van der Waals surface area contributed by atoms with Crippen molar-refractivity contribution >= 4 is 11.6 Å². The summed E-state index contributed by atoms with van der Waals surface area (Å²) >= 11 is 0. The van der Waals surface area contributed by atoms with Crippen molar-refractivity contribution in [2.24, 2.45) is 0 Å². The third-order valence-corrected chi connectivity index (χ3v) is 2.84. The van der Waals surface area contributed by atoms with Gasteiger partial charge in [0, 0.05) is 24.7 Å². The van der Waals surface area contributed by atoms with Gasteiger partial charge in [0.2, 0.25) is 5.91 Å². The number of anilines is 1. The Morgan fingerprint density at radius 1 is 1.53 bits per heavy atom. The molecule has 0 saturated carbocycles. The van der Waals surface area contributed by atoms with E-state index in [4.69, 9.17) is 0 Å². The number of rotatable bonds is 1. The minimum Gasteiger partial charge on any atom is -0.314 e. The Morgan fingerprint density at radius 3 is 2.93 bits per heavy atom. The monoisotopic (exact) mass is 208 g/mol. The van der Waals surface area contributed by atoms with Crippen molar-refractivity contribution < 1.29 is 9.18 Å². The van der Waals surface area contributed by atoms with Crippen LogP contribution in [0.15, 0.2) is 18.2 Å². The van der Waals surface area contributed by atoms with Crippen LogP contribution in [0.5, 0.6) is 0 Å². The van der Waals surface area contributed by atoms with Crippen molar-refractivity contribution in [1.82, 2.24) is 5.32 Å². The highest BCUT2D eigenvalue weighted by Gasteiger charge is 2.30. The van der Waals surface area contributed by atoms with Crippen LogP contribution in [-0.4, -0.2) is 26.0 Å². The lowest BCUT2D eigenvalue weighted by Gasteiger charge is -2.31. The van der Waals surface area contributed by atoms with E-state index in [9.17, 15) is 9.18 Å². The highest BCUT2D eigenvalue weighted by molar-refractivity contribution is 5.99. The Kier molecular flexibility index (Phi) is 2.44. The zero-order chi connectivity index (χ0) is 11.0. The number of halogens is 1. The second-order valence-electron chi connectivity index (χ2n) is 3.68. The molecule has 3 nitrogen and oxygen atoms in total. The number of fused-ring (bicyclic) bond motifs is 1. The molecule has 0 aliphatic carbocycles. The van der Waals surface area contributed by atoms with Gasteiger partial charge in [-0.3, -0.25) is 4.79 Å². The van der Waals surface area contributed by atoms with Crippen LogP contribution >= 0.6 is 0 Å². The maximum absolute atomic E-state index is 13.5. The van der Waals surface area contributed by atoms with E-state index in [2.05, 4.69) is 5.32 Å². The number of hydrogen-bond acceptors (Lipinski definition) is 2. The third-order valence-electron chi connectivity index (χ3n) is 2.84. The molecule has 0 aromatic heterocycles. The summed E-state index contributed by atoms with van der Waals surface area (Å²) in [6.45, 7) is 0. The number of hydrogen-bond donors (Lipinski definition) is 1. The van der Waals surface area contributed by atoms with E-state index in [1.54, 1.807) is 26.2 Å². The van der Waals surface area contributed by atoms with Gasteiger partial charge in [-0.05, 0) is 19.2 Å². The van der Waals surface area contributed by atoms with Crippen molar-refractivity contribution in [2.75, 3.05) is 19.0 Å². The van der Waals surface area contributed by atoms with E-state index >= 15 is 0 Å². The van der Waals surface area contributed by atoms with Crippen LogP contribution < -0.4 is 10.2 Å². The zero-order valence-corrected chi connectivity index (χ0v) is 8.75. The van der Waals surface area contributed by atoms with Crippen molar-refractivity contribution in [1.29, 1.82) is 0 Å². The number of carbonyl (C=O) groups is 1. The smallest absolute Gasteiger partial charge is 0.244 e. The fraction of sp³-hybridized carbons (Fsp3) is 0.364. The third kappa shape index (κ3) is 1.51. The maximum atomic E-state index is 13.5. The number of nitrogens with zero attached hydrogens (tertiary/aromatic N) is 1. The zero-order valence-electron chi connectivity index (χ0n) is 8.75. The summed E-state index contributed by atoms with van der Waals surface area (Å²) in [5, 5.41) is 2.89. The number of benzene rings is 1. The molecule has 0 saturated heterocycles. The Morgan fingerprint density at radius 2 is 2.27 bits per heavy atom. The van der Waals surface area contributed by atoms with E-state index in [0.717, 1.165) is 0 Å². The molecule has 1 aromatic carbocycles. The summed E-state index contributed by atoms with van der Waals surface area (Å²) in [4.78, 5) is 13.3. The van der Waals surface area contributed by atoms with E-state index in [1.165, 1.54) is 11.0 Å². The van der Waals surface area contributed by atoms with Crippen molar-refractivity contribution in [2.45, 2.75) is 12.5 Å². The molecule has 1 amide bonds. The van der Waals surface area contributed by atoms with Gasteiger partial charge < -0.3 is 10.2 Å². The molecule has 4 heteroatoms. The summed E-state index contributed by atoms with van der Waals surface area (Å²) in [6, 6.07) is 4.49. The first-order valence-corrected chi connectivity index (χ1v) is 4.87. The van der Waals surface area contributed by atoms with E-state index in [1.807, 2.05) is 0 Å². The molecule has 15 heavy (non-hydrogen) atoms. The second-order valence-corrected chi connectivity index (χ2v) is 3.68. The molecule has 0 spiro atoms.